The standard InChI is InChI=1S/C29H26ClN3O4/c1-37-29(36)21-11-5-6-12-23(21)31-27(34)19-10-7-15-33(17-19)26-25(18-8-3-2-4-9-18)22-16-20(30)13-14-24(22)32-28(26)35/h2-6,8-9,11-14,16,19H,7,10,15,17H2,1H3,(H,31,34)(H,32,35)/t19-/m0/s1. The highest BCUT2D eigenvalue weighted by atomic mass is 35.5. The summed E-state index contributed by atoms with van der Waals surface area (Å²) in [4.78, 5) is 43.9. The van der Waals surface area contributed by atoms with E-state index in [0.717, 1.165) is 22.9 Å². The van der Waals surface area contributed by atoms with E-state index in [2.05, 4.69) is 10.3 Å². The first-order valence-corrected chi connectivity index (χ1v) is 12.5. The number of aromatic amines is 1. The van der Waals surface area contributed by atoms with Crippen molar-refractivity contribution in [3.8, 4) is 11.1 Å². The van der Waals surface area contributed by atoms with Gasteiger partial charge in [-0.25, -0.2) is 4.79 Å². The van der Waals surface area contributed by atoms with Gasteiger partial charge in [-0.2, -0.15) is 0 Å². The number of methoxy groups -OCH3 is 1. The van der Waals surface area contributed by atoms with Crippen LogP contribution in [-0.4, -0.2) is 37.1 Å². The molecule has 37 heavy (non-hydrogen) atoms. The molecule has 1 fully saturated rings. The van der Waals surface area contributed by atoms with Crippen LogP contribution in [0.2, 0.25) is 5.02 Å². The molecule has 0 unspecified atom stereocenters. The first-order valence-electron chi connectivity index (χ1n) is 12.1. The zero-order chi connectivity index (χ0) is 25.9. The number of piperidine rings is 1. The molecule has 8 heteroatoms. The Morgan fingerprint density at radius 1 is 1.05 bits per heavy atom. The quantitative estimate of drug-likeness (QED) is 0.343. The number of carbonyl (C=O) groups excluding carboxylic acids is 2. The number of nitrogens with one attached hydrogen (secondary N) is 2. The van der Waals surface area contributed by atoms with Gasteiger partial charge in [0.15, 0.2) is 0 Å². The number of rotatable bonds is 5. The summed E-state index contributed by atoms with van der Waals surface area (Å²) in [6.07, 6.45) is 1.40. The average Bonchev–Trinajstić information content (AvgIpc) is 2.93. The Kier molecular flexibility index (Phi) is 6.97. The van der Waals surface area contributed by atoms with Crippen molar-refractivity contribution in [2.75, 3.05) is 30.4 Å². The van der Waals surface area contributed by atoms with Crippen LogP contribution < -0.4 is 15.8 Å². The molecule has 2 heterocycles. The monoisotopic (exact) mass is 515 g/mol. The number of halogens is 1. The molecule has 1 amide bonds. The third-order valence-electron chi connectivity index (χ3n) is 6.71. The lowest BCUT2D eigenvalue weighted by Crippen LogP contribution is -2.43. The molecule has 2 N–H and O–H groups in total. The van der Waals surface area contributed by atoms with E-state index in [0.29, 0.717) is 47.0 Å². The second-order valence-electron chi connectivity index (χ2n) is 9.05. The normalized spacial score (nSPS) is 15.4. The summed E-state index contributed by atoms with van der Waals surface area (Å²) in [5.74, 6) is -1.10. The molecule has 1 saturated heterocycles. The van der Waals surface area contributed by atoms with E-state index < -0.39 is 5.97 Å². The summed E-state index contributed by atoms with van der Waals surface area (Å²) in [5.41, 5.74) is 3.38. The van der Waals surface area contributed by atoms with E-state index >= 15 is 0 Å². The summed E-state index contributed by atoms with van der Waals surface area (Å²) in [6.45, 7) is 0.999. The second kappa shape index (κ2) is 10.5. The fraction of sp³-hybridized carbons (Fsp3) is 0.207. The number of fused-ring (bicyclic) bond motifs is 1. The number of benzene rings is 3. The minimum atomic E-state index is -0.518. The largest absolute Gasteiger partial charge is 0.465 e. The molecular formula is C29H26ClN3O4. The molecule has 0 bridgehead atoms. The van der Waals surface area contributed by atoms with Gasteiger partial charge in [0, 0.05) is 34.6 Å². The van der Waals surface area contributed by atoms with Gasteiger partial charge in [-0.1, -0.05) is 54.1 Å². The van der Waals surface area contributed by atoms with Gasteiger partial charge in [-0.15, -0.1) is 0 Å². The molecule has 1 aromatic heterocycles. The Balaban J connectivity index is 1.51. The molecule has 5 rings (SSSR count). The number of para-hydroxylation sites is 1. The van der Waals surface area contributed by atoms with Crippen molar-refractivity contribution in [2.45, 2.75) is 12.8 Å². The Labute approximate surface area is 219 Å². The summed E-state index contributed by atoms with van der Waals surface area (Å²) in [5, 5.41) is 4.31. The maximum Gasteiger partial charge on any atom is 0.339 e. The number of aromatic nitrogens is 1. The van der Waals surface area contributed by atoms with Gasteiger partial charge >= 0.3 is 5.97 Å². The van der Waals surface area contributed by atoms with E-state index in [-0.39, 0.29) is 17.4 Å². The van der Waals surface area contributed by atoms with Crippen LogP contribution in [0.3, 0.4) is 0 Å². The summed E-state index contributed by atoms with van der Waals surface area (Å²) in [7, 11) is 1.30. The predicted octanol–water partition coefficient (Wildman–Crippen LogP) is 5.49. The minimum absolute atomic E-state index is 0.206. The van der Waals surface area contributed by atoms with Gasteiger partial charge in [-0.3, -0.25) is 9.59 Å². The Hall–Kier alpha value is -4.10. The highest BCUT2D eigenvalue weighted by molar-refractivity contribution is 6.31. The molecule has 188 valence electrons. The molecular weight excluding hydrogens is 490 g/mol. The van der Waals surface area contributed by atoms with Crippen molar-refractivity contribution < 1.29 is 14.3 Å². The smallest absolute Gasteiger partial charge is 0.339 e. The van der Waals surface area contributed by atoms with Gasteiger partial charge in [0.25, 0.3) is 5.56 Å². The van der Waals surface area contributed by atoms with Crippen LogP contribution >= 0.6 is 11.6 Å². The first kappa shape index (κ1) is 24.6. The lowest BCUT2D eigenvalue weighted by molar-refractivity contribution is -0.120. The highest BCUT2D eigenvalue weighted by Crippen LogP contribution is 2.37. The fourth-order valence-corrected chi connectivity index (χ4v) is 5.13. The summed E-state index contributed by atoms with van der Waals surface area (Å²) in [6, 6.07) is 21.9. The molecule has 3 aromatic carbocycles. The number of nitrogens with zero attached hydrogens (tertiary/aromatic N) is 1. The van der Waals surface area contributed by atoms with Crippen LogP contribution in [0.25, 0.3) is 22.0 Å². The van der Waals surface area contributed by atoms with Crippen molar-refractivity contribution >= 4 is 45.8 Å². The number of amides is 1. The van der Waals surface area contributed by atoms with Crippen molar-refractivity contribution in [2.24, 2.45) is 5.92 Å². The molecule has 1 aliphatic heterocycles. The number of hydrogen-bond acceptors (Lipinski definition) is 5. The predicted molar refractivity (Wildman–Crippen MR) is 146 cm³/mol. The number of pyridine rings is 1. The summed E-state index contributed by atoms with van der Waals surface area (Å²) >= 11 is 6.35. The zero-order valence-electron chi connectivity index (χ0n) is 20.3. The van der Waals surface area contributed by atoms with Crippen LogP contribution in [0.5, 0.6) is 0 Å². The maximum absolute atomic E-state index is 13.4. The topological polar surface area (TPSA) is 91.5 Å². The molecule has 7 nitrogen and oxygen atoms in total. The van der Waals surface area contributed by atoms with E-state index in [1.165, 1.54) is 7.11 Å². The van der Waals surface area contributed by atoms with Crippen molar-refractivity contribution in [1.29, 1.82) is 0 Å². The van der Waals surface area contributed by atoms with Crippen molar-refractivity contribution in [3.05, 3.63) is 93.7 Å². The van der Waals surface area contributed by atoms with Crippen LogP contribution in [0.15, 0.2) is 77.6 Å². The van der Waals surface area contributed by atoms with E-state index in [4.69, 9.17) is 16.3 Å². The lowest BCUT2D eigenvalue weighted by atomic mass is 9.93. The van der Waals surface area contributed by atoms with Gasteiger partial charge in [0.05, 0.1) is 24.3 Å². The number of anilines is 2. The molecule has 0 aliphatic carbocycles. The first-order chi connectivity index (χ1) is 18.0. The lowest BCUT2D eigenvalue weighted by Gasteiger charge is -2.34. The fourth-order valence-electron chi connectivity index (χ4n) is 4.96. The molecule has 0 saturated carbocycles. The maximum atomic E-state index is 13.4. The van der Waals surface area contributed by atoms with E-state index in [1.807, 2.05) is 41.3 Å². The minimum Gasteiger partial charge on any atom is -0.465 e. The zero-order valence-corrected chi connectivity index (χ0v) is 21.0. The number of esters is 1. The Morgan fingerprint density at radius 2 is 1.81 bits per heavy atom. The Morgan fingerprint density at radius 3 is 2.59 bits per heavy atom. The molecule has 0 radical (unpaired) electrons. The SMILES string of the molecule is COC(=O)c1ccccc1NC(=O)[C@H]1CCCN(c2c(-c3ccccc3)c3cc(Cl)ccc3[nH]c2=O)C1. The number of ether oxygens (including phenoxy) is 1. The van der Waals surface area contributed by atoms with Crippen LogP contribution in [0, 0.1) is 5.92 Å². The van der Waals surface area contributed by atoms with Crippen LogP contribution in [0.1, 0.15) is 23.2 Å². The van der Waals surface area contributed by atoms with E-state index in [1.54, 1.807) is 36.4 Å². The molecule has 0 spiro atoms. The van der Waals surface area contributed by atoms with Crippen LogP contribution in [-0.2, 0) is 9.53 Å². The van der Waals surface area contributed by atoms with Gasteiger partial charge < -0.3 is 19.9 Å². The van der Waals surface area contributed by atoms with Crippen molar-refractivity contribution in [1.82, 2.24) is 4.98 Å². The highest BCUT2D eigenvalue weighted by Gasteiger charge is 2.30. The molecule has 1 aliphatic rings. The molecule has 4 aromatic rings. The second-order valence-corrected chi connectivity index (χ2v) is 9.48. The summed E-state index contributed by atoms with van der Waals surface area (Å²) < 4.78 is 4.84. The van der Waals surface area contributed by atoms with Gasteiger partial charge in [-0.05, 0) is 48.7 Å². The molecule has 1 atom stereocenters. The third kappa shape index (κ3) is 4.95. The van der Waals surface area contributed by atoms with Crippen LogP contribution in [0.4, 0.5) is 11.4 Å². The van der Waals surface area contributed by atoms with Gasteiger partial charge in [0.2, 0.25) is 5.91 Å². The average molecular weight is 516 g/mol. The van der Waals surface area contributed by atoms with E-state index in [9.17, 15) is 14.4 Å². The van der Waals surface area contributed by atoms with Crippen molar-refractivity contribution in [3.63, 3.8) is 0 Å². The third-order valence-corrected chi connectivity index (χ3v) is 6.95. The number of H-pyrrole nitrogens is 1. The van der Waals surface area contributed by atoms with Gasteiger partial charge in [0.1, 0.15) is 5.69 Å². The number of hydrogen-bond donors (Lipinski definition) is 2. The Bertz CT molecular complexity index is 1530. The number of carbonyl (C=O) groups is 2.